The van der Waals surface area contributed by atoms with E-state index in [4.69, 9.17) is 0 Å². The minimum absolute atomic E-state index is 0.254. The summed E-state index contributed by atoms with van der Waals surface area (Å²) in [6.45, 7) is 9.33. The number of hydrogen-bond donors (Lipinski definition) is 0. The highest BCUT2D eigenvalue weighted by Crippen LogP contribution is 2.17. The standard InChI is InChI=1S/C17H25NO/c1-13(2)15-6-8-16(9-7-15)17(19)12-18-10-4-5-14(3)11-18/h6-9,13-14H,4-5,10-12H2,1-3H3. The molecule has 2 nitrogen and oxygen atoms in total. The van der Waals surface area contributed by atoms with Crippen LogP contribution in [0.25, 0.3) is 0 Å². The zero-order chi connectivity index (χ0) is 13.8. The van der Waals surface area contributed by atoms with Gasteiger partial charge in [-0.25, -0.2) is 0 Å². The number of benzene rings is 1. The van der Waals surface area contributed by atoms with Gasteiger partial charge in [0.1, 0.15) is 0 Å². The number of Topliss-reactive ketones (excluding diaryl/α,β-unsaturated/α-hetero) is 1. The van der Waals surface area contributed by atoms with Crippen LogP contribution in [0.4, 0.5) is 0 Å². The van der Waals surface area contributed by atoms with Gasteiger partial charge in [-0.3, -0.25) is 9.69 Å². The molecule has 1 heterocycles. The van der Waals surface area contributed by atoms with Gasteiger partial charge in [0.15, 0.2) is 5.78 Å². The lowest BCUT2D eigenvalue weighted by molar-refractivity contribution is 0.0893. The van der Waals surface area contributed by atoms with Crippen molar-refractivity contribution >= 4 is 5.78 Å². The number of likely N-dealkylation sites (tertiary alicyclic amines) is 1. The molecule has 1 unspecified atom stereocenters. The lowest BCUT2D eigenvalue weighted by Gasteiger charge is -2.30. The highest BCUT2D eigenvalue weighted by atomic mass is 16.1. The van der Waals surface area contributed by atoms with Crippen molar-refractivity contribution in [3.8, 4) is 0 Å². The van der Waals surface area contributed by atoms with Crippen molar-refractivity contribution in [1.29, 1.82) is 0 Å². The van der Waals surface area contributed by atoms with Crippen molar-refractivity contribution in [3.05, 3.63) is 35.4 Å². The van der Waals surface area contributed by atoms with E-state index < -0.39 is 0 Å². The first-order valence-corrected chi connectivity index (χ1v) is 7.41. The van der Waals surface area contributed by atoms with Gasteiger partial charge < -0.3 is 0 Å². The van der Waals surface area contributed by atoms with E-state index in [1.807, 2.05) is 12.1 Å². The zero-order valence-corrected chi connectivity index (χ0v) is 12.4. The molecule has 0 radical (unpaired) electrons. The summed E-state index contributed by atoms with van der Waals surface area (Å²) in [6, 6.07) is 8.11. The molecule has 0 saturated carbocycles. The fraction of sp³-hybridized carbons (Fsp3) is 0.588. The monoisotopic (exact) mass is 259 g/mol. The smallest absolute Gasteiger partial charge is 0.176 e. The molecule has 2 rings (SSSR count). The molecule has 1 saturated heterocycles. The molecule has 1 aliphatic heterocycles. The number of nitrogens with zero attached hydrogens (tertiary/aromatic N) is 1. The number of piperidine rings is 1. The van der Waals surface area contributed by atoms with E-state index in [2.05, 4.69) is 37.8 Å². The molecule has 1 aromatic rings. The Morgan fingerprint density at radius 1 is 1.32 bits per heavy atom. The lowest BCUT2D eigenvalue weighted by atomic mass is 9.98. The molecule has 0 aliphatic carbocycles. The summed E-state index contributed by atoms with van der Waals surface area (Å²) in [5.74, 6) is 1.50. The summed E-state index contributed by atoms with van der Waals surface area (Å²) in [6.07, 6.45) is 2.52. The van der Waals surface area contributed by atoms with Crippen LogP contribution in [-0.4, -0.2) is 30.3 Å². The highest BCUT2D eigenvalue weighted by Gasteiger charge is 2.19. The van der Waals surface area contributed by atoms with Crippen LogP contribution in [-0.2, 0) is 0 Å². The summed E-state index contributed by atoms with van der Waals surface area (Å²) in [5, 5.41) is 0. The molecular formula is C17H25NO. The number of ketones is 1. The Kier molecular flexibility index (Phi) is 4.76. The molecule has 0 N–H and O–H groups in total. The molecule has 0 amide bonds. The number of carbonyl (C=O) groups excluding carboxylic acids is 1. The minimum Gasteiger partial charge on any atom is -0.296 e. The van der Waals surface area contributed by atoms with Gasteiger partial charge in [-0.2, -0.15) is 0 Å². The van der Waals surface area contributed by atoms with Crippen LogP contribution in [0.15, 0.2) is 24.3 Å². The van der Waals surface area contributed by atoms with Crippen molar-refractivity contribution in [1.82, 2.24) is 4.90 Å². The zero-order valence-electron chi connectivity index (χ0n) is 12.4. The van der Waals surface area contributed by atoms with Crippen LogP contribution in [0.3, 0.4) is 0 Å². The molecule has 1 atom stereocenters. The number of rotatable bonds is 4. The highest BCUT2D eigenvalue weighted by molar-refractivity contribution is 5.97. The summed E-state index contributed by atoms with van der Waals surface area (Å²) in [7, 11) is 0. The molecule has 0 aromatic heterocycles. The largest absolute Gasteiger partial charge is 0.296 e. The summed E-state index contributed by atoms with van der Waals surface area (Å²) < 4.78 is 0. The van der Waals surface area contributed by atoms with Gasteiger partial charge >= 0.3 is 0 Å². The van der Waals surface area contributed by atoms with Crippen LogP contribution in [0, 0.1) is 5.92 Å². The van der Waals surface area contributed by atoms with E-state index in [1.165, 1.54) is 18.4 Å². The van der Waals surface area contributed by atoms with Crippen LogP contribution in [0.5, 0.6) is 0 Å². The first-order chi connectivity index (χ1) is 9.06. The van der Waals surface area contributed by atoms with Crippen molar-refractivity contribution in [2.45, 2.75) is 39.5 Å². The summed E-state index contributed by atoms with van der Waals surface area (Å²) in [4.78, 5) is 14.6. The Bertz CT molecular complexity index is 421. The van der Waals surface area contributed by atoms with Crippen LogP contribution >= 0.6 is 0 Å². The van der Waals surface area contributed by atoms with Crippen LogP contribution in [0.1, 0.15) is 55.5 Å². The van der Waals surface area contributed by atoms with Gasteiger partial charge in [0.2, 0.25) is 0 Å². The van der Waals surface area contributed by atoms with Crippen LogP contribution in [0.2, 0.25) is 0 Å². The molecule has 1 aliphatic rings. The third kappa shape index (κ3) is 3.90. The maximum absolute atomic E-state index is 12.3. The SMILES string of the molecule is CC1CCCN(CC(=O)c2ccc(C(C)C)cc2)C1. The average molecular weight is 259 g/mol. The van der Waals surface area contributed by atoms with Crippen molar-refractivity contribution in [3.63, 3.8) is 0 Å². The third-order valence-corrected chi connectivity index (χ3v) is 4.01. The Morgan fingerprint density at radius 3 is 2.58 bits per heavy atom. The predicted molar refractivity (Wildman–Crippen MR) is 79.7 cm³/mol. The third-order valence-electron chi connectivity index (χ3n) is 4.01. The van der Waals surface area contributed by atoms with Crippen LogP contribution < -0.4 is 0 Å². The Hall–Kier alpha value is -1.15. The fourth-order valence-electron chi connectivity index (χ4n) is 2.78. The number of hydrogen-bond acceptors (Lipinski definition) is 2. The second kappa shape index (κ2) is 6.33. The summed E-state index contributed by atoms with van der Waals surface area (Å²) in [5.41, 5.74) is 2.14. The molecule has 1 aromatic carbocycles. The van der Waals surface area contributed by atoms with Gasteiger partial charge in [0.25, 0.3) is 0 Å². The van der Waals surface area contributed by atoms with Crippen molar-refractivity contribution < 1.29 is 4.79 Å². The van der Waals surface area contributed by atoms with E-state index in [0.717, 1.165) is 24.6 Å². The first kappa shape index (κ1) is 14.3. The molecular weight excluding hydrogens is 234 g/mol. The van der Waals surface area contributed by atoms with Crippen molar-refractivity contribution in [2.24, 2.45) is 5.92 Å². The van der Waals surface area contributed by atoms with E-state index in [1.54, 1.807) is 0 Å². The normalized spacial score (nSPS) is 20.7. The molecule has 0 spiro atoms. The number of carbonyl (C=O) groups is 1. The molecule has 104 valence electrons. The van der Waals surface area contributed by atoms with Gasteiger partial charge in [-0.1, -0.05) is 45.0 Å². The second-order valence-electron chi connectivity index (χ2n) is 6.18. The van der Waals surface area contributed by atoms with E-state index in [0.29, 0.717) is 12.5 Å². The first-order valence-electron chi connectivity index (χ1n) is 7.41. The topological polar surface area (TPSA) is 20.3 Å². The maximum Gasteiger partial charge on any atom is 0.176 e. The molecule has 0 bridgehead atoms. The Labute approximate surface area is 116 Å². The van der Waals surface area contributed by atoms with E-state index in [9.17, 15) is 4.79 Å². The minimum atomic E-state index is 0.254. The quantitative estimate of drug-likeness (QED) is 0.768. The maximum atomic E-state index is 12.3. The second-order valence-corrected chi connectivity index (χ2v) is 6.18. The predicted octanol–water partition coefficient (Wildman–Crippen LogP) is 3.72. The van der Waals surface area contributed by atoms with Gasteiger partial charge in [-0.15, -0.1) is 0 Å². The lowest BCUT2D eigenvalue weighted by Crippen LogP contribution is -2.37. The van der Waals surface area contributed by atoms with Gasteiger partial charge in [0, 0.05) is 12.1 Å². The fourth-order valence-corrected chi connectivity index (χ4v) is 2.78. The Balaban J connectivity index is 1.95. The average Bonchev–Trinajstić information content (AvgIpc) is 2.39. The van der Waals surface area contributed by atoms with Crippen molar-refractivity contribution in [2.75, 3.05) is 19.6 Å². The van der Waals surface area contributed by atoms with E-state index >= 15 is 0 Å². The Morgan fingerprint density at radius 2 is 2.00 bits per heavy atom. The van der Waals surface area contributed by atoms with E-state index in [-0.39, 0.29) is 5.78 Å². The van der Waals surface area contributed by atoms with Gasteiger partial charge in [-0.05, 0) is 36.8 Å². The molecule has 1 fully saturated rings. The molecule has 2 heteroatoms. The van der Waals surface area contributed by atoms with Gasteiger partial charge in [0.05, 0.1) is 6.54 Å². The molecule has 19 heavy (non-hydrogen) atoms. The summed E-state index contributed by atoms with van der Waals surface area (Å²) >= 11 is 0.